The first-order valence-corrected chi connectivity index (χ1v) is 8.25. The van der Waals surface area contributed by atoms with Crippen molar-refractivity contribution in [2.24, 2.45) is 5.92 Å². The number of carbonyl (C=O) groups excluding carboxylic acids is 2. The lowest BCUT2D eigenvalue weighted by molar-refractivity contribution is -0.145. The first kappa shape index (κ1) is 18.6. The number of benzene rings is 1. The van der Waals surface area contributed by atoms with E-state index in [4.69, 9.17) is 4.74 Å². The van der Waals surface area contributed by atoms with Gasteiger partial charge in [-0.3, -0.25) is 14.6 Å². The van der Waals surface area contributed by atoms with Crippen LogP contribution in [-0.2, 0) is 16.1 Å². The van der Waals surface area contributed by atoms with Crippen molar-refractivity contribution in [3.8, 4) is 0 Å². The number of rotatable bonds is 6. The molecule has 2 rings (SSSR count). The number of nitrogens with zero attached hydrogens (tertiary/aromatic N) is 2. The minimum absolute atomic E-state index is 0.109. The van der Waals surface area contributed by atoms with E-state index in [0.717, 1.165) is 16.7 Å². The van der Waals surface area contributed by atoms with E-state index in [1.807, 2.05) is 44.2 Å². The van der Waals surface area contributed by atoms with Crippen LogP contribution in [0.25, 0.3) is 0 Å². The second-order valence-electron chi connectivity index (χ2n) is 6.27. The third kappa shape index (κ3) is 4.89. The zero-order valence-electron chi connectivity index (χ0n) is 15.2. The molecule has 1 aromatic carbocycles. The lowest BCUT2D eigenvalue weighted by Gasteiger charge is -2.25. The number of hydrogen-bond donors (Lipinski definition) is 0. The topological polar surface area (TPSA) is 59.5 Å². The van der Waals surface area contributed by atoms with Gasteiger partial charge >= 0.3 is 5.97 Å². The smallest absolute Gasteiger partial charge is 0.310 e. The third-order valence-electron chi connectivity index (χ3n) is 4.24. The van der Waals surface area contributed by atoms with Crippen molar-refractivity contribution in [2.75, 3.05) is 13.7 Å². The molecular formula is C20H24N2O3. The molecule has 1 atom stereocenters. The minimum Gasteiger partial charge on any atom is -0.469 e. The van der Waals surface area contributed by atoms with Crippen molar-refractivity contribution in [2.45, 2.75) is 27.3 Å². The number of pyridine rings is 1. The Bertz CT molecular complexity index is 744. The first-order valence-electron chi connectivity index (χ1n) is 8.25. The Balaban J connectivity index is 2.27. The fourth-order valence-corrected chi connectivity index (χ4v) is 2.59. The predicted molar refractivity (Wildman–Crippen MR) is 96.1 cm³/mol. The summed E-state index contributed by atoms with van der Waals surface area (Å²) in [6.45, 7) is 6.43. The van der Waals surface area contributed by atoms with Crippen LogP contribution in [0.5, 0.6) is 0 Å². The molecule has 132 valence electrons. The monoisotopic (exact) mass is 340 g/mol. The minimum atomic E-state index is -0.405. The van der Waals surface area contributed by atoms with Crippen LogP contribution in [0.2, 0.25) is 0 Å². The lowest BCUT2D eigenvalue weighted by Crippen LogP contribution is -2.37. The maximum atomic E-state index is 13.0. The molecule has 0 fully saturated rings. The summed E-state index contributed by atoms with van der Waals surface area (Å²) >= 11 is 0. The van der Waals surface area contributed by atoms with Gasteiger partial charge in [0.25, 0.3) is 5.91 Å². The third-order valence-corrected chi connectivity index (χ3v) is 4.24. The highest BCUT2D eigenvalue weighted by Gasteiger charge is 2.23. The molecule has 25 heavy (non-hydrogen) atoms. The Kier molecular flexibility index (Phi) is 6.28. The van der Waals surface area contributed by atoms with Crippen molar-refractivity contribution in [1.82, 2.24) is 9.88 Å². The predicted octanol–water partition coefficient (Wildman–Crippen LogP) is 3.15. The van der Waals surface area contributed by atoms with E-state index in [1.165, 1.54) is 7.11 Å². The lowest BCUT2D eigenvalue weighted by atomic mass is 10.0. The van der Waals surface area contributed by atoms with Gasteiger partial charge in [-0.2, -0.15) is 0 Å². The van der Waals surface area contributed by atoms with Crippen LogP contribution in [-0.4, -0.2) is 35.4 Å². The van der Waals surface area contributed by atoms with Crippen molar-refractivity contribution in [3.63, 3.8) is 0 Å². The van der Waals surface area contributed by atoms with Crippen LogP contribution >= 0.6 is 0 Å². The largest absolute Gasteiger partial charge is 0.469 e. The number of amides is 1. The SMILES string of the molecule is COC(=O)C(C)CN(Cc1cccnc1)C(=O)c1ccc(C)c(C)c1. The van der Waals surface area contributed by atoms with E-state index in [0.29, 0.717) is 12.1 Å². The highest BCUT2D eigenvalue weighted by Crippen LogP contribution is 2.16. The molecule has 0 radical (unpaired) electrons. The van der Waals surface area contributed by atoms with Crippen LogP contribution in [0.3, 0.4) is 0 Å². The Labute approximate surface area is 148 Å². The molecule has 5 nitrogen and oxygen atoms in total. The molecule has 0 aliphatic heterocycles. The number of hydrogen-bond acceptors (Lipinski definition) is 4. The average Bonchev–Trinajstić information content (AvgIpc) is 2.62. The van der Waals surface area contributed by atoms with Crippen molar-refractivity contribution < 1.29 is 14.3 Å². The maximum Gasteiger partial charge on any atom is 0.310 e. The Morgan fingerprint density at radius 1 is 1.20 bits per heavy atom. The quantitative estimate of drug-likeness (QED) is 0.758. The number of aromatic nitrogens is 1. The molecule has 0 saturated carbocycles. The van der Waals surface area contributed by atoms with Gasteiger partial charge in [0.05, 0.1) is 13.0 Å². The Hall–Kier alpha value is -2.69. The van der Waals surface area contributed by atoms with Gasteiger partial charge in [-0.05, 0) is 48.7 Å². The van der Waals surface area contributed by atoms with Gasteiger partial charge in [0.1, 0.15) is 0 Å². The van der Waals surface area contributed by atoms with Crippen LogP contribution in [0.15, 0.2) is 42.7 Å². The van der Waals surface area contributed by atoms with Gasteiger partial charge in [0.2, 0.25) is 0 Å². The molecule has 0 aliphatic rings. The van der Waals surface area contributed by atoms with Crippen LogP contribution in [0.4, 0.5) is 0 Å². The number of carbonyl (C=O) groups is 2. The Morgan fingerprint density at radius 2 is 1.96 bits per heavy atom. The number of ether oxygens (including phenoxy) is 1. The molecule has 0 N–H and O–H groups in total. The molecule has 5 heteroatoms. The highest BCUT2D eigenvalue weighted by atomic mass is 16.5. The molecule has 1 heterocycles. The maximum absolute atomic E-state index is 13.0. The van der Waals surface area contributed by atoms with Gasteiger partial charge in [-0.15, -0.1) is 0 Å². The van der Waals surface area contributed by atoms with Gasteiger partial charge in [0.15, 0.2) is 0 Å². The summed E-state index contributed by atoms with van der Waals surface area (Å²) in [4.78, 5) is 30.6. The van der Waals surface area contributed by atoms with Crippen LogP contribution in [0, 0.1) is 19.8 Å². The molecule has 0 saturated heterocycles. The van der Waals surface area contributed by atoms with Crippen LogP contribution < -0.4 is 0 Å². The van der Waals surface area contributed by atoms with E-state index in [2.05, 4.69) is 4.98 Å². The van der Waals surface area contributed by atoms with Gasteiger partial charge in [-0.1, -0.05) is 19.1 Å². The van der Waals surface area contributed by atoms with E-state index in [1.54, 1.807) is 24.2 Å². The fraction of sp³-hybridized carbons (Fsp3) is 0.350. The zero-order chi connectivity index (χ0) is 18.4. The van der Waals surface area contributed by atoms with Crippen molar-refractivity contribution in [3.05, 3.63) is 65.0 Å². The summed E-state index contributed by atoms with van der Waals surface area (Å²) in [6.07, 6.45) is 3.42. The normalized spacial score (nSPS) is 11.7. The molecule has 0 spiro atoms. The number of methoxy groups -OCH3 is 1. The molecule has 0 bridgehead atoms. The second kappa shape index (κ2) is 8.42. The number of aryl methyl sites for hydroxylation is 2. The summed E-state index contributed by atoms with van der Waals surface area (Å²) in [5.74, 6) is -0.844. The van der Waals surface area contributed by atoms with Crippen molar-refractivity contribution in [1.29, 1.82) is 0 Å². The Morgan fingerprint density at radius 3 is 2.56 bits per heavy atom. The molecule has 1 unspecified atom stereocenters. The average molecular weight is 340 g/mol. The highest BCUT2D eigenvalue weighted by molar-refractivity contribution is 5.94. The standard InChI is InChI=1S/C20H24N2O3/c1-14-7-8-18(10-15(14)2)19(23)22(12-16(3)20(24)25-4)13-17-6-5-9-21-11-17/h5-11,16H,12-13H2,1-4H3. The first-order chi connectivity index (χ1) is 11.9. The summed E-state index contributed by atoms with van der Waals surface area (Å²) < 4.78 is 4.79. The number of esters is 1. The molecule has 1 amide bonds. The summed E-state index contributed by atoms with van der Waals surface area (Å²) in [6, 6.07) is 9.39. The summed E-state index contributed by atoms with van der Waals surface area (Å²) in [7, 11) is 1.36. The summed E-state index contributed by atoms with van der Waals surface area (Å²) in [5.41, 5.74) is 3.73. The summed E-state index contributed by atoms with van der Waals surface area (Å²) in [5, 5.41) is 0. The molecule has 2 aromatic rings. The van der Waals surface area contributed by atoms with E-state index in [9.17, 15) is 9.59 Å². The molecule has 0 aliphatic carbocycles. The fourth-order valence-electron chi connectivity index (χ4n) is 2.59. The van der Waals surface area contributed by atoms with Gasteiger partial charge < -0.3 is 9.64 Å². The van der Waals surface area contributed by atoms with Crippen molar-refractivity contribution >= 4 is 11.9 Å². The van der Waals surface area contributed by atoms with Gasteiger partial charge in [0, 0.05) is 31.0 Å². The molecular weight excluding hydrogens is 316 g/mol. The van der Waals surface area contributed by atoms with Gasteiger partial charge in [-0.25, -0.2) is 0 Å². The van der Waals surface area contributed by atoms with E-state index in [-0.39, 0.29) is 18.4 Å². The zero-order valence-corrected chi connectivity index (χ0v) is 15.2. The van der Waals surface area contributed by atoms with E-state index >= 15 is 0 Å². The molecule has 1 aromatic heterocycles. The second-order valence-corrected chi connectivity index (χ2v) is 6.27. The van der Waals surface area contributed by atoms with Crippen LogP contribution in [0.1, 0.15) is 34.0 Å². The van der Waals surface area contributed by atoms with E-state index < -0.39 is 5.92 Å².